The van der Waals surface area contributed by atoms with Crippen molar-refractivity contribution < 1.29 is 9.72 Å². The van der Waals surface area contributed by atoms with Crippen LogP contribution in [0, 0.1) is 17.0 Å². The molecule has 0 atom stereocenters. The summed E-state index contributed by atoms with van der Waals surface area (Å²) in [6, 6.07) is 11.3. The van der Waals surface area contributed by atoms with Crippen LogP contribution < -0.4 is 4.90 Å². The quantitative estimate of drug-likeness (QED) is 0.582. The summed E-state index contributed by atoms with van der Waals surface area (Å²) in [6.45, 7) is 2.52. The van der Waals surface area contributed by atoms with Crippen molar-refractivity contribution in [1.82, 2.24) is 0 Å². The van der Waals surface area contributed by atoms with Gasteiger partial charge >= 0.3 is 0 Å². The van der Waals surface area contributed by atoms with Crippen LogP contribution >= 0.6 is 15.9 Å². The number of hydrogen-bond donors (Lipinski definition) is 0. The molecule has 0 spiro atoms. The van der Waals surface area contributed by atoms with Gasteiger partial charge in [-0.05, 0) is 42.5 Å². The molecule has 0 aliphatic carbocycles. The number of aryl methyl sites for hydroxylation is 2. The predicted molar refractivity (Wildman–Crippen MR) is 96.4 cm³/mol. The second-order valence-electron chi connectivity index (χ2n) is 5.91. The largest absolute Gasteiger partial charge is 0.306 e. The van der Waals surface area contributed by atoms with Crippen molar-refractivity contribution in [3.05, 3.63) is 67.7 Å². The highest BCUT2D eigenvalue weighted by molar-refractivity contribution is 9.10. The molecule has 2 aromatic rings. The highest BCUT2D eigenvalue weighted by Crippen LogP contribution is 2.39. The molecule has 1 aliphatic heterocycles. The van der Waals surface area contributed by atoms with E-state index in [0.717, 1.165) is 16.7 Å². The van der Waals surface area contributed by atoms with Crippen molar-refractivity contribution in [3.8, 4) is 0 Å². The van der Waals surface area contributed by atoms with Crippen LogP contribution in [0.5, 0.6) is 0 Å². The number of hydrogen-bond acceptors (Lipinski definition) is 3. The lowest BCUT2D eigenvalue weighted by Crippen LogP contribution is -2.29. The van der Waals surface area contributed by atoms with Gasteiger partial charge in [-0.15, -0.1) is 0 Å². The van der Waals surface area contributed by atoms with E-state index >= 15 is 0 Å². The average molecular weight is 389 g/mol. The Bertz CT molecular complexity index is 820. The van der Waals surface area contributed by atoms with Crippen LogP contribution in [0.25, 0.3) is 0 Å². The van der Waals surface area contributed by atoms with Crippen LogP contribution in [-0.2, 0) is 17.6 Å². The fourth-order valence-electron chi connectivity index (χ4n) is 3.14. The lowest BCUT2D eigenvalue weighted by molar-refractivity contribution is -0.384. The van der Waals surface area contributed by atoms with Gasteiger partial charge in [0.2, 0.25) is 5.91 Å². The minimum absolute atomic E-state index is 0.0129. The molecule has 1 aliphatic rings. The number of halogens is 1. The second-order valence-corrected chi connectivity index (χ2v) is 6.83. The second kappa shape index (κ2) is 6.73. The summed E-state index contributed by atoms with van der Waals surface area (Å²) in [5, 5.41) is 11.4. The van der Waals surface area contributed by atoms with Crippen LogP contribution in [-0.4, -0.2) is 17.4 Å². The van der Waals surface area contributed by atoms with Crippen LogP contribution in [0.4, 0.5) is 11.4 Å². The number of anilines is 1. The summed E-state index contributed by atoms with van der Waals surface area (Å²) in [6.07, 6.45) is 1.63. The van der Waals surface area contributed by atoms with Gasteiger partial charge in [0.1, 0.15) is 5.69 Å². The maximum absolute atomic E-state index is 12.6. The van der Waals surface area contributed by atoms with Crippen molar-refractivity contribution in [3.63, 3.8) is 0 Å². The molecular weight excluding hydrogens is 372 g/mol. The molecule has 0 radical (unpaired) electrons. The van der Waals surface area contributed by atoms with Crippen LogP contribution in [0.2, 0.25) is 0 Å². The van der Waals surface area contributed by atoms with E-state index in [9.17, 15) is 14.9 Å². The molecule has 0 bridgehead atoms. The monoisotopic (exact) mass is 388 g/mol. The van der Waals surface area contributed by atoms with Gasteiger partial charge in [0.25, 0.3) is 5.69 Å². The predicted octanol–water partition coefficient (Wildman–Crippen LogP) is 4.19. The number of nitro benzene ring substituents is 1. The molecular formula is C18H17BrN2O3. The molecule has 5 nitrogen and oxygen atoms in total. The fraction of sp³-hybridized carbons (Fsp3) is 0.278. The van der Waals surface area contributed by atoms with Crippen LogP contribution in [0.15, 0.2) is 40.9 Å². The van der Waals surface area contributed by atoms with E-state index in [0.29, 0.717) is 36.0 Å². The SMILES string of the molecule is Cc1ccccc1CCC(=O)N1CCc2cc(Br)cc([N+](=O)[O-])c21. The van der Waals surface area contributed by atoms with E-state index in [-0.39, 0.29) is 11.6 Å². The van der Waals surface area contributed by atoms with Gasteiger partial charge in [0.15, 0.2) is 0 Å². The van der Waals surface area contributed by atoms with Gasteiger partial charge in [0, 0.05) is 23.5 Å². The van der Waals surface area contributed by atoms with Crippen molar-refractivity contribution >= 4 is 33.2 Å². The van der Waals surface area contributed by atoms with Gasteiger partial charge in [0.05, 0.1) is 4.92 Å². The Morgan fingerprint density at radius 1 is 1.33 bits per heavy atom. The Morgan fingerprint density at radius 3 is 2.79 bits per heavy atom. The van der Waals surface area contributed by atoms with E-state index in [1.807, 2.05) is 37.3 Å². The first kappa shape index (κ1) is 16.6. The zero-order chi connectivity index (χ0) is 17.3. The molecule has 0 aromatic heterocycles. The first-order chi connectivity index (χ1) is 11.5. The topological polar surface area (TPSA) is 63.5 Å². The van der Waals surface area contributed by atoms with Crippen molar-refractivity contribution in [2.75, 3.05) is 11.4 Å². The first-order valence-corrected chi connectivity index (χ1v) is 8.58. The molecule has 1 heterocycles. The molecule has 2 aromatic carbocycles. The molecule has 3 rings (SSSR count). The maximum atomic E-state index is 12.6. The van der Waals surface area contributed by atoms with Crippen molar-refractivity contribution in [2.24, 2.45) is 0 Å². The van der Waals surface area contributed by atoms with Gasteiger partial charge in [-0.2, -0.15) is 0 Å². The molecule has 6 heteroatoms. The number of nitro groups is 1. The minimum Gasteiger partial charge on any atom is -0.306 e. The van der Waals surface area contributed by atoms with E-state index < -0.39 is 4.92 Å². The smallest absolute Gasteiger partial charge is 0.294 e. The zero-order valence-corrected chi connectivity index (χ0v) is 14.9. The third-order valence-electron chi connectivity index (χ3n) is 4.38. The Labute approximate surface area is 148 Å². The number of carbonyl (C=O) groups excluding carboxylic acids is 1. The Hall–Kier alpha value is -2.21. The molecule has 1 amide bonds. The standard InChI is InChI=1S/C18H17BrN2O3/c1-12-4-2-3-5-13(12)6-7-17(22)20-9-8-14-10-15(19)11-16(18(14)20)21(23)24/h2-5,10-11H,6-9H2,1H3. The maximum Gasteiger partial charge on any atom is 0.294 e. The third-order valence-corrected chi connectivity index (χ3v) is 4.83. The number of fused-ring (bicyclic) bond motifs is 1. The van der Waals surface area contributed by atoms with Crippen molar-refractivity contribution in [1.29, 1.82) is 0 Å². The first-order valence-electron chi connectivity index (χ1n) is 7.79. The molecule has 24 heavy (non-hydrogen) atoms. The highest BCUT2D eigenvalue weighted by atomic mass is 79.9. The summed E-state index contributed by atoms with van der Waals surface area (Å²) in [4.78, 5) is 25.1. The molecule has 0 N–H and O–H groups in total. The lowest BCUT2D eigenvalue weighted by Gasteiger charge is -2.17. The molecule has 0 saturated carbocycles. The zero-order valence-electron chi connectivity index (χ0n) is 13.3. The third kappa shape index (κ3) is 3.19. The number of amides is 1. The van der Waals surface area contributed by atoms with Crippen molar-refractivity contribution in [2.45, 2.75) is 26.2 Å². The highest BCUT2D eigenvalue weighted by Gasteiger charge is 2.32. The average Bonchev–Trinajstić information content (AvgIpc) is 2.96. The van der Waals surface area contributed by atoms with E-state index in [1.165, 1.54) is 6.07 Å². The van der Waals surface area contributed by atoms with Crippen LogP contribution in [0.1, 0.15) is 23.1 Å². The Morgan fingerprint density at radius 2 is 2.08 bits per heavy atom. The minimum atomic E-state index is -0.420. The molecule has 0 saturated heterocycles. The van der Waals surface area contributed by atoms with Gasteiger partial charge in [-0.1, -0.05) is 40.2 Å². The normalized spacial score (nSPS) is 13.0. The summed E-state index contributed by atoms with van der Waals surface area (Å²) in [7, 11) is 0. The van der Waals surface area contributed by atoms with E-state index in [1.54, 1.807) is 4.90 Å². The van der Waals surface area contributed by atoms with Gasteiger partial charge < -0.3 is 4.90 Å². The molecule has 0 fully saturated rings. The summed E-state index contributed by atoms with van der Waals surface area (Å²) in [5.41, 5.74) is 3.58. The number of rotatable bonds is 4. The molecule has 0 unspecified atom stereocenters. The number of nitrogens with zero attached hydrogens (tertiary/aromatic N) is 2. The van der Waals surface area contributed by atoms with Gasteiger partial charge in [-0.3, -0.25) is 14.9 Å². The summed E-state index contributed by atoms with van der Waals surface area (Å²) >= 11 is 3.30. The van der Waals surface area contributed by atoms with E-state index in [2.05, 4.69) is 15.9 Å². The number of benzene rings is 2. The van der Waals surface area contributed by atoms with Gasteiger partial charge in [-0.25, -0.2) is 0 Å². The Kier molecular flexibility index (Phi) is 4.66. The Balaban J connectivity index is 1.82. The fourth-order valence-corrected chi connectivity index (χ4v) is 3.64. The number of carbonyl (C=O) groups is 1. The lowest BCUT2D eigenvalue weighted by atomic mass is 10.0. The van der Waals surface area contributed by atoms with Crippen LogP contribution in [0.3, 0.4) is 0 Å². The van der Waals surface area contributed by atoms with E-state index in [4.69, 9.17) is 0 Å². The summed E-state index contributed by atoms with van der Waals surface area (Å²) < 4.78 is 0.669. The summed E-state index contributed by atoms with van der Waals surface area (Å²) in [5.74, 6) is -0.0672. The molecule has 124 valence electrons.